The van der Waals surface area contributed by atoms with Crippen molar-refractivity contribution in [2.75, 3.05) is 7.11 Å². The van der Waals surface area contributed by atoms with Crippen LogP contribution in [-0.2, 0) is 17.8 Å². The highest BCUT2D eigenvalue weighted by molar-refractivity contribution is 5.91. The average Bonchev–Trinajstić information content (AvgIpc) is 2.82. The number of unbranched alkanes of at least 4 members (excludes halogenated alkanes) is 5. The van der Waals surface area contributed by atoms with Gasteiger partial charge in [-0.25, -0.2) is 0 Å². The molecule has 0 saturated heterocycles. The van der Waals surface area contributed by atoms with Crippen LogP contribution in [0.1, 0.15) is 56.7 Å². The lowest BCUT2D eigenvalue weighted by Crippen LogP contribution is -2.14. The highest BCUT2D eigenvalue weighted by Gasteiger charge is 2.16. The lowest BCUT2D eigenvalue weighted by molar-refractivity contribution is -0.117. The standard InChI is InChI=1S/C20H30N2O2/c1-4-5-6-7-8-9-12-22-15(2)17(14-20(21)23)18-13-16(24-3)10-11-19(18)22/h10-11,13H,4-9,12,14H2,1-3H3,(H2,21,23). The number of nitrogens with two attached hydrogens (primary N) is 1. The van der Waals surface area contributed by atoms with Gasteiger partial charge in [0.2, 0.25) is 5.91 Å². The van der Waals surface area contributed by atoms with E-state index in [2.05, 4.69) is 24.5 Å². The van der Waals surface area contributed by atoms with Crippen LogP contribution in [0.15, 0.2) is 18.2 Å². The molecule has 0 spiro atoms. The average molecular weight is 330 g/mol. The molecule has 4 nitrogen and oxygen atoms in total. The summed E-state index contributed by atoms with van der Waals surface area (Å²) in [6, 6.07) is 6.08. The molecule has 1 aromatic carbocycles. The van der Waals surface area contributed by atoms with Gasteiger partial charge in [0.25, 0.3) is 0 Å². The SMILES string of the molecule is CCCCCCCCn1c(C)c(CC(N)=O)c2cc(OC)ccc21. The van der Waals surface area contributed by atoms with Gasteiger partial charge in [0.05, 0.1) is 13.5 Å². The number of benzene rings is 1. The first-order chi connectivity index (χ1) is 11.6. The third kappa shape index (κ3) is 4.31. The number of rotatable bonds is 10. The molecule has 2 N–H and O–H groups in total. The first-order valence-corrected chi connectivity index (χ1v) is 9.02. The molecule has 1 heterocycles. The predicted octanol–water partition coefficient (Wildman–Crippen LogP) is 4.35. The van der Waals surface area contributed by atoms with Gasteiger partial charge < -0.3 is 15.0 Å². The van der Waals surface area contributed by atoms with Crippen molar-refractivity contribution in [2.45, 2.75) is 65.3 Å². The number of carbonyl (C=O) groups excluding carboxylic acids is 1. The predicted molar refractivity (Wildman–Crippen MR) is 99.5 cm³/mol. The van der Waals surface area contributed by atoms with E-state index in [1.54, 1.807) is 7.11 Å². The Bertz CT molecular complexity index is 688. The number of primary amides is 1. The van der Waals surface area contributed by atoms with Gasteiger partial charge >= 0.3 is 0 Å². The van der Waals surface area contributed by atoms with Gasteiger partial charge in [-0.05, 0) is 37.1 Å². The zero-order valence-electron chi connectivity index (χ0n) is 15.2. The lowest BCUT2D eigenvalue weighted by atomic mass is 10.1. The van der Waals surface area contributed by atoms with Gasteiger partial charge in [0.15, 0.2) is 0 Å². The van der Waals surface area contributed by atoms with Crippen LogP contribution in [0.2, 0.25) is 0 Å². The Morgan fingerprint density at radius 3 is 2.54 bits per heavy atom. The molecule has 0 aliphatic heterocycles. The minimum Gasteiger partial charge on any atom is -0.497 e. The molecule has 4 heteroatoms. The molecule has 0 bridgehead atoms. The number of ether oxygens (including phenoxy) is 1. The molecule has 132 valence electrons. The fraction of sp³-hybridized carbons (Fsp3) is 0.550. The van der Waals surface area contributed by atoms with Crippen LogP contribution in [0, 0.1) is 6.92 Å². The molecular formula is C20H30N2O2. The van der Waals surface area contributed by atoms with E-state index in [1.165, 1.54) is 32.1 Å². The number of carbonyl (C=O) groups is 1. The van der Waals surface area contributed by atoms with Gasteiger partial charge in [-0.1, -0.05) is 39.0 Å². The molecule has 1 amide bonds. The summed E-state index contributed by atoms with van der Waals surface area (Å²) in [5.74, 6) is 0.518. The van der Waals surface area contributed by atoms with E-state index in [0.717, 1.165) is 40.9 Å². The van der Waals surface area contributed by atoms with E-state index in [1.807, 2.05) is 12.1 Å². The molecule has 0 aliphatic rings. The van der Waals surface area contributed by atoms with E-state index in [-0.39, 0.29) is 12.3 Å². The van der Waals surface area contributed by atoms with Crippen molar-refractivity contribution in [2.24, 2.45) is 5.73 Å². The Morgan fingerprint density at radius 2 is 1.88 bits per heavy atom. The Balaban J connectivity index is 2.22. The summed E-state index contributed by atoms with van der Waals surface area (Å²) in [6.07, 6.45) is 7.92. The van der Waals surface area contributed by atoms with E-state index in [4.69, 9.17) is 10.5 Å². The van der Waals surface area contributed by atoms with Crippen LogP contribution in [-0.4, -0.2) is 17.6 Å². The number of nitrogens with zero attached hydrogens (tertiary/aromatic N) is 1. The van der Waals surface area contributed by atoms with Crippen molar-refractivity contribution in [3.8, 4) is 5.75 Å². The molecule has 0 fully saturated rings. The Morgan fingerprint density at radius 1 is 1.17 bits per heavy atom. The second-order valence-electron chi connectivity index (χ2n) is 6.51. The molecule has 2 aromatic rings. The molecular weight excluding hydrogens is 300 g/mol. The maximum atomic E-state index is 11.5. The number of hydrogen-bond acceptors (Lipinski definition) is 2. The minimum atomic E-state index is -0.292. The normalized spacial score (nSPS) is 11.1. The smallest absolute Gasteiger partial charge is 0.221 e. The summed E-state index contributed by atoms with van der Waals surface area (Å²) in [5, 5.41) is 1.08. The molecule has 0 saturated carbocycles. The minimum absolute atomic E-state index is 0.277. The summed E-state index contributed by atoms with van der Waals surface area (Å²) in [6.45, 7) is 5.31. The van der Waals surface area contributed by atoms with Crippen molar-refractivity contribution in [3.63, 3.8) is 0 Å². The largest absolute Gasteiger partial charge is 0.497 e. The summed E-state index contributed by atoms with van der Waals surface area (Å²) in [7, 11) is 1.66. The van der Waals surface area contributed by atoms with E-state index in [0.29, 0.717) is 0 Å². The van der Waals surface area contributed by atoms with Gasteiger partial charge in [0, 0.05) is 23.1 Å². The molecule has 24 heavy (non-hydrogen) atoms. The third-order valence-electron chi connectivity index (χ3n) is 4.75. The number of fused-ring (bicyclic) bond motifs is 1. The quantitative estimate of drug-likeness (QED) is 0.659. The fourth-order valence-electron chi connectivity index (χ4n) is 3.39. The van der Waals surface area contributed by atoms with Crippen molar-refractivity contribution in [1.29, 1.82) is 0 Å². The second kappa shape index (κ2) is 8.76. The summed E-state index contributed by atoms with van der Waals surface area (Å²) in [5.41, 5.74) is 8.79. The summed E-state index contributed by atoms with van der Waals surface area (Å²) >= 11 is 0. The molecule has 0 unspecified atom stereocenters. The molecule has 0 atom stereocenters. The van der Waals surface area contributed by atoms with Gasteiger partial charge in [-0.2, -0.15) is 0 Å². The number of hydrogen-bond donors (Lipinski definition) is 1. The summed E-state index contributed by atoms with van der Waals surface area (Å²) in [4.78, 5) is 11.5. The lowest BCUT2D eigenvalue weighted by Gasteiger charge is -2.09. The number of aryl methyl sites for hydroxylation is 1. The number of amides is 1. The zero-order chi connectivity index (χ0) is 17.5. The van der Waals surface area contributed by atoms with Crippen molar-refractivity contribution in [1.82, 2.24) is 4.57 Å². The summed E-state index contributed by atoms with van der Waals surface area (Å²) < 4.78 is 7.67. The fourth-order valence-corrected chi connectivity index (χ4v) is 3.39. The topological polar surface area (TPSA) is 57.2 Å². The van der Waals surface area contributed by atoms with Crippen LogP contribution < -0.4 is 10.5 Å². The van der Waals surface area contributed by atoms with E-state index < -0.39 is 0 Å². The monoisotopic (exact) mass is 330 g/mol. The first-order valence-electron chi connectivity index (χ1n) is 9.02. The third-order valence-corrected chi connectivity index (χ3v) is 4.75. The number of methoxy groups -OCH3 is 1. The molecule has 0 radical (unpaired) electrons. The van der Waals surface area contributed by atoms with Crippen molar-refractivity contribution in [3.05, 3.63) is 29.5 Å². The Labute approximate surface area is 145 Å². The van der Waals surface area contributed by atoms with Gasteiger partial charge in [-0.3, -0.25) is 4.79 Å². The zero-order valence-corrected chi connectivity index (χ0v) is 15.2. The van der Waals surface area contributed by atoms with E-state index >= 15 is 0 Å². The van der Waals surface area contributed by atoms with Crippen LogP contribution in [0.4, 0.5) is 0 Å². The van der Waals surface area contributed by atoms with Crippen LogP contribution >= 0.6 is 0 Å². The van der Waals surface area contributed by atoms with Crippen LogP contribution in [0.25, 0.3) is 10.9 Å². The van der Waals surface area contributed by atoms with Crippen LogP contribution in [0.3, 0.4) is 0 Å². The molecule has 1 aromatic heterocycles. The van der Waals surface area contributed by atoms with E-state index in [9.17, 15) is 4.79 Å². The maximum absolute atomic E-state index is 11.5. The maximum Gasteiger partial charge on any atom is 0.221 e. The Hall–Kier alpha value is -1.97. The van der Waals surface area contributed by atoms with Crippen LogP contribution in [0.5, 0.6) is 5.75 Å². The second-order valence-corrected chi connectivity index (χ2v) is 6.51. The Kier molecular flexibility index (Phi) is 6.71. The number of aromatic nitrogens is 1. The van der Waals surface area contributed by atoms with Gasteiger partial charge in [0.1, 0.15) is 5.75 Å². The highest BCUT2D eigenvalue weighted by Crippen LogP contribution is 2.30. The molecule has 0 aliphatic carbocycles. The van der Waals surface area contributed by atoms with Crippen molar-refractivity contribution >= 4 is 16.8 Å². The highest BCUT2D eigenvalue weighted by atomic mass is 16.5. The van der Waals surface area contributed by atoms with Gasteiger partial charge in [-0.15, -0.1) is 0 Å². The molecule has 2 rings (SSSR count). The van der Waals surface area contributed by atoms with Crippen molar-refractivity contribution < 1.29 is 9.53 Å². The first kappa shape index (κ1) is 18.4.